The van der Waals surface area contributed by atoms with Gasteiger partial charge in [0.15, 0.2) is 15.6 Å². The van der Waals surface area contributed by atoms with Gasteiger partial charge < -0.3 is 4.90 Å². The average Bonchev–Trinajstić information content (AvgIpc) is 2.37. The Morgan fingerprint density at radius 3 is 2.53 bits per heavy atom. The Kier molecular flexibility index (Phi) is 3.22. The van der Waals surface area contributed by atoms with Gasteiger partial charge in [0.05, 0.1) is 10.6 Å². The van der Waals surface area contributed by atoms with Crippen LogP contribution in [-0.2, 0) is 14.6 Å². The number of ketones is 1. The molecule has 6 heteroatoms. The highest BCUT2D eigenvalue weighted by molar-refractivity contribution is 7.93. The van der Waals surface area contributed by atoms with Gasteiger partial charge in [-0.05, 0) is 39.0 Å². The number of rotatable bonds is 2. The third-order valence-corrected chi connectivity index (χ3v) is 5.43. The second kappa shape index (κ2) is 4.45. The smallest absolute Gasteiger partial charge is 0.245 e. The van der Waals surface area contributed by atoms with Crippen LogP contribution in [0.2, 0.25) is 0 Å². The van der Waals surface area contributed by atoms with Crippen molar-refractivity contribution in [2.45, 2.75) is 30.9 Å². The maximum absolute atomic E-state index is 12.3. The standard InChI is InChI=1S/C13H15NO4S/c1-4-14-11-6-5-10(8(2)15)7-12(11)19(17,18)9(3)13(14)16/h5-7,9H,4H2,1-3H3. The molecule has 0 saturated carbocycles. The van der Waals surface area contributed by atoms with Gasteiger partial charge in [-0.1, -0.05) is 0 Å². The number of nitrogens with zero attached hydrogens (tertiary/aromatic N) is 1. The normalized spacial score (nSPS) is 21.1. The van der Waals surface area contributed by atoms with Gasteiger partial charge in [0.25, 0.3) is 0 Å². The van der Waals surface area contributed by atoms with E-state index in [1.807, 2.05) is 0 Å². The quantitative estimate of drug-likeness (QED) is 0.769. The minimum Gasteiger partial charge on any atom is -0.310 e. The highest BCUT2D eigenvalue weighted by Gasteiger charge is 2.41. The van der Waals surface area contributed by atoms with E-state index in [-0.39, 0.29) is 10.7 Å². The lowest BCUT2D eigenvalue weighted by Crippen LogP contribution is -2.46. The number of hydrogen-bond donors (Lipinski definition) is 0. The summed E-state index contributed by atoms with van der Waals surface area (Å²) in [6.07, 6.45) is 0. The highest BCUT2D eigenvalue weighted by Crippen LogP contribution is 2.35. The first-order valence-corrected chi connectivity index (χ1v) is 7.55. The zero-order valence-electron chi connectivity index (χ0n) is 11.0. The zero-order valence-corrected chi connectivity index (χ0v) is 11.8. The molecule has 5 nitrogen and oxygen atoms in total. The zero-order chi connectivity index (χ0) is 14.4. The molecule has 1 atom stereocenters. The van der Waals surface area contributed by atoms with E-state index in [1.165, 1.54) is 30.9 Å². The third kappa shape index (κ3) is 1.96. The maximum atomic E-state index is 12.3. The van der Waals surface area contributed by atoms with Crippen molar-refractivity contribution in [3.63, 3.8) is 0 Å². The lowest BCUT2D eigenvalue weighted by Gasteiger charge is -2.31. The molecule has 0 bridgehead atoms. The van der Waals surface area contributed by atoms with Crippen molar-refractivity contribution >= 4 is 27.2 Å². The van der Waals surface area contributed by atoms with E-state index in [0.717, 1.165) is 0 Å². The summed E-state index contributed by atoms with van der Waals surface area (Å²) in [4.78, 5) is 24.9. The molecular weight excluding hydrogens is 266 g/mol. The Bertz CT molecular complexity index is 663. The van der Waals surface area contributed by atoms with Gasteiger partial charge >= 0.3 is 0 Å². The predicted molar refractivity (Wildman–Crippen MR) is 71.1 cm³/mol. The Morgan fingerprint density at radius 1 is 1.37 bits per heavy atom. The number of Topliss-reactive ketones (excluding diaryl/α,β-unsaturated/α-hetero) is 1. The lowest BCUT2D eigenvalue weighted by molar-refractivity contribution is -0.118. The number of anilines is 1. The number of hydrogen-bond acceptors (Lipinski definition) is 4. The van der Waals surface area contributed by atoms with Crippen LogP contribution in [0, 0.1) is 0 Å². The molecule has 19 heavy (non-hydrogen) atoms. The van der Waals surface area contributed by atoms with E-state index in [9.17, 15) is 18.0 Å². The molecule has 0 spiro atoms. The molecule has 0 aliphatic carbocycles. The van der Waals surface area contributed by atoms with Crippen molar-refractivity contribution in [1.82, 2.24) is 0 Å². The number of sulfone groups is 1. The number of amides is 1. The molecule has 0 fully saturated rings. The molecule has 2 rings (SSSR count). The summed E-state index contributed by atoms with van der Waals surface area (Å²) in [7, 11) is -3.71. The van der Waals surface area contributed by atoms with Gasteiger partial charge in [0.1, 0.15) is 5.25 Å². The number of benzene rings is 1. The molecule has 0 aromatic heterocycles. The Morgan fingerprint density at radius 2 is 2.00 bits per heavy atom. The summed E-state index contributed by atoms with van der Waals surface area (Å²) in [5, 5.41) is -1.11. The molecule has 0 saturated heterocycles. The highest BCUT2D eigenvalue weighted by atomic mass is 32.2. The van der Waals surface area contributed by atoms with Crippen LogP contribution in [-0.4, -0.2) is 31.9 Å². The van der Waals surface area contributed by atoms with E-state index in [2.05, 4.69) is 0 Å². The van der Waals surface area contributed by atoms with Crippen LogP contribution in [0.4, 0.5) is 5.69 Å². The molecule has 1 unspecified atom stereocenters. The van der Waals surface area contributed by atoms with Gasteiger partial charge in [-0.2, -0.15) is 0 Å². The minimum absolute atomic E-state index is 0.0640. The first kappa shape index (κ1) is 13.7. The van der Waals surface area contributed by atoms with E-state index < -0.39 is 21.0 Å². The summed E-state index contributed by atoms with van der Waals surface area (Å²) in [6, 6.07) is 4.43. The summed E-state index contributed by atoms with van der Waals surface area (Å²) >= 11 is 0. The maximum Gasteiger partial charge on any atom is 0.245 e. The van der Waals surface area contributed by atoms with Crippen molar-refractivity contribution in [3.05, 3.63) is 23.8 Å². The van der Waals surface area contributed by atoms with E-state index in [1.54, 1.807) is 13.0 Å². The van der Waals surface area contributed by atoms with Crippen molar-refractivity contribution in [3.8, 4) is 0 Å². The molecule has 1 aromatic carbocycles. The molecular formula is C13H15NO4S. The van der Waals surface area contributed by atoms with Crippen molar-refractivity contribution < 1.29 is 18.0 Å². The monoisotopic (exact) mass is 281 g/mol. The Balaban J connectivity index is 2.76. The van der Waals surface area contributed by atoms with Crippen molar-refractivity contribution in [1.29, 1.82) is 0 Å². The second-order valence-corrected chi connectivity index (χ2v) is 6.75. The van der Waals surface area contributed by atoms with Crippen LogP contribution in [0.15, 0.2) is 23.1 Å². The van der Waals surface area contributed by atoms with Crippen LogP contribution in [0.1, 0.15) is 31.1 Å². The first-order chi connectivity index (χ1) is 8.80. The summed E-state index contributed by atoms with van der Waals surface area (Å²) < 4.78 is 24.6. The number of carbonyl (C=O) groups excluding carboxylic acids is 2. The van der Waals surface area contributed by atoms with Gasteiger partial charge in [0.2, 0.25) is 5.91 Å². The summed E-state index contributed by atoms with van der Waals surface area (Å²) in [5.41, 5.74) is 0.690. The molecule has 1 heterocycles. The van der Waals surface area contributed by atoms with Crippen LogP contribution in [0.5, 0.6) is 0 Å². The minimum atomic E-state index is -3.71. The van der Waals surface area contributed by atoms with Crippen LogP contribution < -0.4 is 4.90 Å². The fraction of sp³-hybridized carbons (Fsp3) is 0.385. The van der Waals surface area contributed by atoms with Crippen LogP contribution in [0.3, 0.4) is 0 Å². The van der Waals surface area contributed by atoms with Gasteiger partial charge in [0, 0.05) is 12.1 Å². The topological polar surface area (TPSA) is 71.5 Å². The Labute approximate surface area is 112 Å². The van der Waals surface area contributed by atoms with Crippen LogP contribution >= 0.6 is 0 Å². The second-order valence-electron chi connectivity index (χ2n) is 4.51. The largest absolute Gasteiger partial charge is 0.310 e. The average molecular weight is 281 g/mol. The molecule has 0 radical (unpaired) electrons. The fourth-order valence-electron chi connectivity index (χ4n) is 2.17. The molecule has 0 N–H and O–H groups in total. The number of carbonyl (C=O) groups is 2. The number of fused-ring (bicyclic) bond motifs is 1. The molecule has 1 aliphatic heterocycles. The van der Waals surface area contributed by atoms with E-state index >= 15 is 0 Å². The molecule has 1 aromatic rings. The lowest BCUT2D eigenvalue weighted by atomic mass is 10.1. The van der Waals surface area contributed by atoms with E-state index in [4.69, 9.17) is 0 Å². The molecule has 102 valence electrons. The van der Waals surface area contributed by atoms with Crippen molar-refractivity contribution in [2.75, 3.05) is 11.4 Å². The van der Waals surface area contributed by atoms with Gasteiger partial charge in [-0.25, -0.2) is 8.42 Å². The third-order valence-electron chi connectivity index (χ3n) is 3.36. The van der Waals surface area contributed by atoms with Gasteiger partial charge in [-0.15, -0.1) is 0 Å². The predicted octanol–water partition coefficient (Wildman–Crippen LogP) is 1.42. The summed E-state index contributed by atoms with van der Waals surface area (Å²) in [5.74, 6) is -0.629. The fourth-order valence-corrected chi connectivity index (χ4v) is 3.71. The SMILES string of the molecule is CCN1C(=O)C(C)S(=O)(=O)c2cc(C(C)=O)ccc21. The van der Waals surface area contributed by atoms with Gasteiger partial charge in [-0.3, -0.25) is 9.59 Å². The molecule has 1 amide bonds. The Hall–Kier alpha value is -1.69. The summed E-state index contributed by atoms with van der Waals surface area (Å²) in [6.45, 7) is 4.93. The van der Waals surface area contributed by atoms with Crippen LogP contribution in [0.25, 0.3) is 0 Å². The first-order valence-electron chi connectivity index (χ1n) is 6.01. The van der Waals surface area contributed by atoms with E-state index in [0.29, 0.717) is 17.8 Å². The molecule has 1 aliphatic rings. The van der Waals surface area contributed by atoms with Crippen molar-refractivity contribution in [2.24, 2.45) is 0 Å².